The molecule has 0 fully saturated rings. The van der Waals surface area contributed by atoms with E-state index in [1.54, 1.807) is 7.11 Å². The molecular formula is C13H22N2OS. The average Bonchev–Trinajstić information content (AvgIpc) is 2.36. The van der Waals surface area contributed by atoms with Crippen LogP contribution in [0.15, 0.2) is 23.2 Å². The van der Waals surface area contributed by atoms with Crippen LogP contribution in [0.2, 0.25) is 0 Å². The molecule has 0 radical (unpaired) electrons. The van der Waals surface area contributed by atoms with Gasteiger partial charge >= 0.3 is 0 Å². The molecule has 0 aliphatic heterocycles. The fourth-order valence-electron chi connectivity index (χ4n) is 1.54. The minimum absolute atomic E-state index is 0.326. The number of hydrogen-bond donors (Lipinski definition) is 1. The molecular weight excluding hydrogens is 232 g/mol. The molecule has 0 saturated heterocycles. The van der Waals surface area contributed by atoms with Crippen molar-refractivity contribution < 1.29 is 4.74 Å². The maximum Gasteiger partial charge on any atom is 0.0571 e. The predicted octanol–water partition coefficient (Wildman–Crippen LogP) is 2.88. The summed E-state index contributed by atoms with van der Waals surface area (Å²) in [7, 11) is 1.74. The summed E-state index contributed by atoms with van der Waals surface area (Å²) in [6.45, 7) is 6.04. The molecule has 1 aromatic rings. The van der Waals surface area contributed by atoms with Gasteiger partial charge < -0.3 is 10.1 Å². The number of aromatic nitrogens is 1. The van der Waals surface area contributed by atoms with Crippen LogP contribution in [-0.4, -0.2) is 31.0 Å². The second kappa shape index (κ2) is 8.50. The third-order valence-corrected chi connectivity index (χ3v) is 3.54. The van der Waals surface area contributed by atoms with Crippen molar-refractivity contribution in [2.24, 2.45) is 0 Å². The van der Waals surface area contributed by atoms with Crippen molar-refractivity contribution in [3.63, 3.8) is 0 Å². The number of ether oxygens (including phenoxy) is 1. The van der Waals surface area contributed by atoms with E-state index in [1.165, 1.54) is 4.90 Å². The van der Waals surface area contributed by atoms with E-state index in [9.17, 15) is 0 Å². The van der Waals surface area contributed by atoms with Gasteiger partial charge in [0.1, 0.15) is 0 Å². The fraction of sp³-hybridized carbons (Fsp3) is 0.615. The first-order chi connectivity index (χ1) is 8.27. The molecule has 0 saturated carbocycles. The number of methoxy groups -OCH3 is 1. The van der Waals surface area contributed by atoms with E-state index in [4.69, 9.17) is 4.74 Å². The molecule has 1 unspecified atom stereocenters. The molecule has 1 rings (SSSR count). The summed E-state index contributed by atoms with van der Waals surface area (Å²) in [5.41, 5.74) is 1.10. The van der Waals surface area contributed by atoms with Gasteiger partial charge in [0.2, 0.25) is 0 Å². The van der Waals surface area contributed by atoms with E-state index in [0.29, 0.717) is 6.04 Å². The van der Waals surface area contributed by atoms with Crippen LogP contribution in [0.25, 0.3) is 0 Å². The van der Waals surface area contributed by atoms with Crippen molar-refractivity contribution in [2.45, 2.75) is 31.2 Å². The Bertz CT molecular complexity index is 303. The van der Waals surface area contributed by atoms with Crippen molar-refractivity contribution in [1.82, 2.24) is 10.3 Å². The normalized spacial score (nSPS) is 12.6. The molecule has 0 bridgehead atoms. The highest BCUT2D eigenvalue weighted by Gasteiger charge is 2.04. The summed E-state index contributed by atoms with van der Waals surface area (Å²) in [4.78, 5) is 5.71. The van der Waals surface area contributed by atoms with Gasteiger partial charge in [-0.25, -0.2) is 0 Å². The lowest BCUT2D eigenvalue weighted by molar-refractivity contribution is 0.200. The first-order valence-electron chi connectivity index (χ1n) is 6.09. The molecule has 0 amide bonds. The lowest BCUT2D eigenvalue weighted by Crippen LogP contribution is -2.18. The summed E-state index contributed by atoms with van der Waals surface area (Å²) in [6, 6.07) is 4.58. The van der Waals surface area contributed by atoms with Crippen LogP contribution in [0.5, 0.6) is 0 Å². The number of hydrogen-bond acceptors (Lipinski definition) is 4. The molecule has 96 valence electrons. The number of thioether (sulfide) groups is 1. The second-order valence-electron chi connectivity index (χ2n) is 3.89. The van der Waals surface area contributed by atoms with Crippen LogP contribution in [0.1, 0.15) is 32.0 Å². The van der Waals surface area contributed by atoms with Gasteiger partial charge in [-0.3, -0.25) is 4.98 Å². The first kappa shape index (κ1) is 14.5. The highest BCUT2D eigenvalue weighted by molar-refractivity contribution is 7.99. The van der Waals surface area contributed by atoms with Crippen LogP contribution in [0, 0.1) is 0 Å². The summed E-state index contributed by atoms with van der Waals surface area (Å²) in [5, 5.41) is 3.36. The molecule has 0 spiro atoms. The minimum Gasteiger partial charge on any atom is -0.385 e. The van der Waals surface area contributed by atoms with Crippen molar-refractivity contribution in [1.29, 1.82) is 0 Å². The molecule has 1 aromatic heterocycles. The van der Waals surface area contributed by atoms with Crippen LogP contribution in [0.4, 0.5) is 0 Å². The maximum absolute atomic E-state index is 5.02. The van der Waals surface area contributed by atoms with Crippen molar-refractivity contribution in [2.75, 3.05) is 26.0 Å². The summed E-state index contributed by atoms with van der Waals surface area (Å²) < 4.78 is 5.02. The molecule has 1 atom stereocenters. The third kappa shape index (κ3) is 5.52. The predicted molar refractivity (Wildman–Crippen MR) is 73.5 cm³/mol. The highest BCUT2D eigenvalue weighted by Crippen LogP contribution is 2.19. The van der Waals surface area contributed by atoms with Crippen molar-refractivity contribution in [3.8, 4) is 0 Å². The maximum atomic E-state index is 5.02. The van der Waals surface area contributed by atoms with E-state index in [0.717, 1.165) is 31.0 Å². The van der Waals surface area contributed by atoms with Gasteiger partial charge in [0.15, 0.2) is 0 Å². The summed E-state index contributed by atoms with van der Waals surface area (Å²) >= 11 is 1.83. The number of nitrogens with zero attached hydrogens (tertiary/aromatic N) is 1. The Morgan fingerprint density at radius 3 is 2.88 bits per heavy atom. The summed E-state index contributed by atoms with van der Waals surface area (Å²) in [6.07, 6.45) is 3.04. The van der Waals surface area contributed by atoms with E-state index in [1.807, 2.05) is 18.0 Å². The Balaban J connectivity index is 2.39. The van der Waals surface area contributed by atoms with Crippen LogP contribution in [0.3, 0.4) is 0 Å². The van der Waals surface area contributed by atoms with Crippen molar-refractivity contribution in [3.05, 3.63) is 24.0 Å². The zero-order valence-corrected chi connectivity index (χ0v) is 11.7. The van der Waals surface area contributed by atoms with Gasteiger partial charge in [0, 0.05) is 36.6 Å². The molecule has 1 N–H and O–H groups in total. The lowest BCUT2D eigenvalue weighted by atomic mass is 10.2. The Hall–Kier alpha value is -0.580. The van der Waals surface area contributed by atoms with Gasteiger partial charge in [0.05, 0.1) is 5.69 Å². The number of pyridine rings is 1. The molecule has 0 aliphatic carbocycles. The highest BCUT2D eigenvalue weighted by atomic mass is 32.2. The van der Waals surface area contributed by atoms with Gasteiger partial charge in [-0.2, -0.15) is 0 Å². The quantitative estimate of drug-likeness (QED) is 0.571. The van der Waals surface area contributed by atoms with Gasteiger partial charge in [-0.15, -0.1) is 11.8 Å². The molecule has 0 aromatic carbocycles. The van der Waals surface area contributed by atoms with Crippen LogP contribution >= 0.6 is 11.8 Å². The molecule has 0 aliphatic rings. The molecule has 4 heteroatoms. The smallest absolute Gasteiger partial charge is 0.0571 e. The number of rotatable bonds is 8. The van der Waals surface area contributed by atoms with E-state index in [2.05, 4.69) is 36.3 Å². The molecule has 1 heterocycles. The van der Waals surface area contributed by atoms with Crippen molar-refractivity contribution >= 4 is 11.8 Å². The van der Waals surface area contributed by atoms with E-state index >= 15 is 0 Å². The minimum atomic E-state index is 0.326. The number of nitrogens with one attached hydrogen (secondary N) is 1. The zero-order chi connectivity index (χ0) is 12.5. The first-order valence-corrected chi connectivity index (χ1v) is 7.07. The Labute approximate surface area is 108 Å². The zero-order valence-electron chi connectivity index (χ0n) is 10.9. The monoisotopic (exact) mass is 254 g/mol. The summed E-state index contributed by atoms with van der Waals surface area (Å²) in [5.74, 6) is 1.08. The third-order valence-electron chi connectivity index (χ3n) is 2.47. The second-order valence-corrected chi connectivity index (χ2v) is 5.06. The fourth-order valence-corrected chi connectivity index (χ4v) is 2.33. The lowest BCUT2D eigenvalue weighted by Gasteiger charge is -2.11. The largest absolute Gasteiger partial charge is 0.385 e. The van der Waals surface area contributed by atoms with E-state index in [-0.39, 0.29) is 0 Å². The van der Waals surface area contributed by atoms with Gasteiger partial charge in [-0.1, -0.05) is 6.92 Å². The Morgan fingerprint density at radius 2 is 2.29 bits per heavy atom. The Morgan fingerprint density at radius 1 is 1.47 bits per heavy atom. The van der Waals surface area contributed by atoms with Gasteiger partial charge in [0.25, 0.3) is 0 Å². The SMILES string of the molecule is CCNC(C)c1ccc(SCCCOC)cn1. The van der Waals surface area contributed by atoms with E-state index < -0.39 is 0 Å². The Kier molecular flexibility index (Phi) is 7.24. The topological polar surface area (TPSA) is 34.1 Å². The van der Waals surface area contributed by atoms with Crippen LogP contribution < -0.4 is 5.32 Å². The molecule has 3 nitrogen and oxygen atoms in total. The average molecular weight is 254 g/mol. The standard InChI is InChI=1S/C13H22N2OS/c1-4-14-11(2)13-7-6-12(10-15-13)17-9-5-8-16-3/h6-7,10-11,14H,4-5,8-9H2,1-3H3. The van der Waals surface area contributed by atoms with Crippen LogP contribution in [-0.2, 0) is 4.74 Å². The molecule has 17 heavy (non-hydrogen) atoms. The van der Waals surface area contributed by atoms with Gasteiger partial charge in [-0.05, 0) is 32.0 Å².